The van der Waals surface area contributed by atoms with Crippen molar-refractivity contribution in [1.29, 1.82) is 0 Å². The molecule has 1 aliphatic heterocycles. The average molecular weight is 478 g/mol. The van der Waals surface area contributed by atoms with Crippen LogP contribution in [0, 0.1) is 5.82 Å². The van der Waals surface area contributed by atoms with Gasteiger partial charge in [0.05, 0.1) is 40.7 Å². The number of rotatable bonds is 3. The van der Waals surface area contributed by atoms with Crippen molar-refractivity contribution in [3.05, 3.63) is 108 Å². The number of amides is 1. The minimum Gasteiger partial charge on any atom is -0.348 e. The molecule has 0 unspecified atom stereocenters. The van der Waals surface area contributed by atoms with Gasteiger partial charge in [-0.1, -0.05) is 6.07 Å². The van der Waals surface area contributed by atoms with Crippen molar-refractivity contribution < 1.29 is 9.18 Å². The van der Waals surface area contributed by atoms with E-state index in [0.29, 0.717) is 41.0 Å². The molecule has 0 saturated heterocycles. The summed E-state index contributed by atoms with van der Waals surface area (Å²) in [5.74, 6) is -0.565. The molecule has 7 rings (SSSR count). The quantitative estimate of drug-likeness (QED) is 0.419. The van der Waals surface area contributed by atoms with Gasteiger partial charge in [-0.05, 0) is 42.5 Å². The number of hydrogen-bond acceptors (Lipinski definition) is 5. The molecule has 7 heterocycles. The van der Waals surface area contributed by atoms with Gasteiger partial charge in [0.1, 0.15) is 17.4 Å². The number of nitrogens with zero attached hydrogens (tertiary/aromatic N) is 7. The van der Waals surface area contributed by atoms with E-state index in [9.17, 15) is 9.18 Å². The van der Waals surface area contributed by atoms with Crippen LogP contribution in [-0.2, 0) is 6.42 Å². The molecule has 0 bridgehead atoms. The number of nitrogens with one attached hydrogen (secondary N) is 1. The molecule has 176 valence electrons. The summed E-state index contributed by atoms with van der Waals surface area (Å²) in [6, 6.07) is 13.6. The molecule has 36 heavy (non-hydrogen) atoms. The van der Waals surface area contributed by atoms with Crippen LogP contribution in [0.4, 0.5) is 4.39 Å². The maximum atomic E-state index is 14.4. The smallest absolute Gasteiger partial charge is 0.258 e. The molecule has 0 radical (unpaired) electrons. The lowest BCUT2D eigenvalue weighted by atomic mass is 9.98. The first kappa shape index (κ1) is 20.5. The number of aromatic nitrogens is 7. The molecule has 1 N–H and O–H groups in total. The van der Waals surface area contributed by atoms with Gasteiger partial charge in [0, 0.05) is 42.8 Å². The Morgan fingerprint density at radius 1 is 1.06 bits per heavy atom. The van der Waals surface area contributed by atoms with Crippen LogP contribution in [0.15, 0.2) is 79.6 Å². The summed E-state index contributed by atoms with van der Waals surface area (Å²) in [5.41, 5.74) is 5.44. The summed E-state index contributed by atoms with van der Waals surface area (Å²) in [6.07, 6.45) is 9.12. The molecule has 9 nitrogen and oxygen atoms in total. The fraction of sp³-hybridized carbons (Fsp3) is 0.115. The number of fused-ring (bicyclic) bond motifs is 3. The van der Waals surface area contributed by atoms with Crippen LogP contribution in [-0.4, -0.2) is 51.5 Å². The number of pyridine rings is 3. The Hall–Kier alpha value is -4.86. The van der Waals surface area contributed by atoms with Crippen molar-refractivity contribution in [2.24, 2.45) is 0 Å². The van der Waals surface area contributed by atoms with Crippen molar-refractivity contribution in [3.63, 3.8) is 0 Å². The van der Waals surface area contributed by atoms with E-state index in [2.05, 4.69) is 25.1 Å². The Morgan fingerprint density at radius 2 is 2.00 bits per heavy atom. The SMILES string of the molecule is O=C(c1cnn2cc(-c3ccccn3)ccc12)N1CCc2[nH]cnc2[C@H]1c1cc2c(F)cccn2n1. The highest BCUT2D eigenvalue weighted by Crippen LogP contribution is 2.35. The minimum atomic E-state index is -0.561. The monoisotopic (exact) mass is 478 g/mol. The Balaban J connectivity index is 1.31. The summed E-state index contributed by atoms with van der Waals surface area (Å²) >= 11 is 0. The molecule has 0 spiro atoms. The lowest BCUT2D eigenvalue weighted by molar-refractivity contribution is 0.0689. The van der Waals surface area contributed by atoms with E-state index in [1.165, 1.54) is 10.6 Å². The van der Waals surface area contributed by atoms with Gasteiger partial charge in [0.15, 0.2) is 0 Å². The van der Waals surface area contributed by atoms with E-state index in [4.69, 9.17) is 0 Å². The van der Waals surface area contributed by atoms with E-state index in [1.54, 1.807) is 46.5 Å². The first-order valence-corrected chi connectivity index (χ1v) is 11.5. The third-order valence-electron chi connectivity index (χ3n) is 6.64. The van der Waals surface area contributed by atoms with E-state index in [1.807, 2.05) is 36.5 Å². The Labute approximate surface area is 203 Å². The third-order valence-corrected chi connectivity index (χ3v) is 6.64. The maximum absolute atomic E-state index is 14.4. The van der Waals surface area contributed by atoms with Gasteiger partial charge in [-0.3, -0.25) is 9.78 Å². The molecule has 0 fully saturated rings. The molecule has 0 aromatic carbocycles. The number of aromatic amines is 1. The lowest BCUT2D eigenvalue weighted by Gasteiger charge is -2.33. The second-order valence-corrected chi connectivity index (χ2v) is 8.69. The highest BCUT2D eigenvalue weighted by atomic mass is 19.1. The molecule has 10 heteroatoms. The zero-order chi connectivity index (χ0) is 24.2. The van der Waals surface area contributed by atoms with Crippen LogP contribution in [0.1, 0.15) is 33.5 Å². The van der Waals surface area contributed by atoms with Crippen LogP contribution in [0.2, 0.25) is 0 Å². The van der Waals surface area contributed by atoms with E-state index < -0.39 is 6.04 Å². The number of carbonyl (C=O) groups excluding carboxylic acids is 1. The van der Waals surface area contributed by atoms with Gasteiger partial charge in [0.25, 0.3) is 5.91 Å². The Kier molecular flexibility index (Phi) is 4.47. The number of hydrogen-bond donors (Lipinski definition) is 1. The van der Waals surface area contributed by atoms with Gasteiger partial charge in [-0.2, -0.15) is 10.2 Å². The first-order chi connectivity index (χ1) is 17.7. The summed E-state index contributed by atoms with van der Waals surface area (Å²) in [4.78, 5) is 27.8. The average Bonchev–Trinajstić information content (AvgIpc) is 3.66. The lowest BCUT2D eigenvalue weighted by Crippen LogP contribution is -2.41. The standard InChI is InChI=1S/C26H19FN8O/c27-18-4-3-10-34-23(18)12-21(32-34)25-24-20(29-15-30-24)8-11-33(25)26(36)17-13-31-35-14-16(6-7-22(17)35)19-5-1-2-9-28-19/h1-7,9-10,12-15,25H,8,11H2,(H,29,30)/t25-/m1/s1. The van der Waals surface area contributed by atoms with Crippen molar-refractivity contribution in [1.82, 2.24) is 39.1 Å². The molecule has 6 aromatic rings. The molecule has 0 aliphatic carbocycles. The van der Waals surface area contributed by atoms with Crippen molar-refractivity contribution in [3.8, 4) is 11.3 Å². The van der Waals surface area contributed by atoms with Crippen LogP contribution < -0.4 is 0 Å². The van der Waals surface area contributed by atoms with Crippen molar-refractivity contribution in [2.45, 2.75) is 12.5 Å². The van der Waals surface area contributed by atoms with Crippen LogP contribution in [0.3, 0.4) is 0 Å². The van der Waals surface area contributed by atoms with Gasteiger partial charge in [-0.25, -0.2) is 18.4 Å². The van der Waals surface area contributed by atoms with E-state index >= 15 is 0 Å². The second kappa shape index (κ2) is 7.84. The predicted molar refractivity (Wildman–Crippen MR) is 129 cm³/mol. The van der Waals surface area contributed by atoms with Crippen molar-refractivity contribution >= 4 is 16.9 Å². The molecular weight excluding hydrogens is 459 g/mol. The van der Waals surface area contributed by atoms with Crippen LogP contribution in [0.25, 0.3) is 22.3 Å². The third kappa shape index (κ3) is 3.11. The fourth-order valence-corrected chi connectivity index (χ4v) is 4.92. The number of imidazole rings is 1. The zero-order valence-corrected chi connectivity index (χ0v) is 18.9. The maximum Gasteiger partial charge on any atom is 0.258 e. The molecule has 6 aromatic heterocycles. The van der Waals surface area contributed by atoms with Crippen molar-refractivity contribution in [2.75, 3.05) is 6.54 Å². The van der Waals surface area contributed by atoms with Gasteiger partial charge in [0.2, 0.25) is 0 Å². The summed E-state index contributed by atoms with van der Waals surface area (Å²) < 4.78 is 17.6. The second-order valence-electron chi connectivity index (χ2n) is 8.69. The van der Waals surface area contributed by atoms with Gasteiger partial charge in [-0.15, -0.1) is 0 Å². The predicted octanol–water partition coefficient (Wildman–Crippen LogP) is 3.69. The Morgan fingerprint density at radius 3 is 2.86 bits per heavy atom. The molecule has 1 atom stereocenters. The highest BCUT2D eigenvalue weighted by molar-refractivity contribution is 6.01. The minimum absolute atomic E-state index is 0.188. The Bertz CT molecular complexity index is 1750. The molecule has 1 aliphatic rings. The largest absolute Gasteiger partial charge is 0.348 e. The van der Waals surface area contributed by atoms with Gasteiger partial charge >= 0.3 is 0 Å². The molecular formula is C26H19FN8O. The highest BCUT2D eigenvalue weighted by Gasteiger charge is 2.37. The summed E-state index contributed by atoms with van der Waals surface area (Å²) in [6.45, 7) is 0.457. The fourth-order valence-electron chi connectivity index (χ4n) is 4.92. The normalized spacial score (nSPS) is 15.5. The van der Waals surface area contributed by atoms with Gasteiger partial charge < -0.3 is 9.88 Å². The molecule has 1 amide bonds. The zero-order valence-electron chi connectivity index (χ0n) is 18.9. The summed E-state index contributed by atoms with van der Waals surface area (Å²) in [7, 11) is 0. The summed E-state index contributed by atoms with van der Waals surface area (Å²) in [5, 5.41) is 9.05. The van der Waals surface area contributed by atoms with E-state index in [0.717, 1.165) is 17.0 Å². The van der Waals surface area contributed by atoms with Crippen LogP contribution in [0.5, 0.6) is 0 Å². The number of halogens is 1. The number of carbonyl (C=O) groups is 1. The topological polar surface area (TPSA) is 96.5 Å². The number of H-pyrrole nitrogens is 1. The molecule has 0 saturated carbocycles. The van der Waals surface area contributed by atoms with Crippen LogP contribution >= 0.6 is 0 Å². The first-order valence-electron chi connectivity index (χ1n) is 11.5. The van der Waals surface area contributed by atoms with E-state index in [-0.39, 0.29) is 11.7 Å².